The van der Waals surface area contributed by atoms with Crippen molar-refractivity contribution < 1.29 is 0 Å². The zero-order valence-corrected chi connectivity index (χ0v) is 8.54. The van der Waals surface area contributed by atoms with Gasteiger partial charge in [-0.2, -0.15) is 0 Å². The lowest BCUT2D eigenvalue weighted by molar-refractivity contribution is 1.09. The third-order valence-electron chi connectivity index (χ3n) is 2.72. The summed E-state index contributed by atoms with van der Waals surface area (Å²) in [7, 11) is 0. The average Bonchev–Trinajstić information content (AvgIpc) is 2.97. The molecule has 1 aliphatic rings. The first-order chi connectivity index (χ1) is 6.86. The van der Waals surface area contributed by atoms with Gasteiger partial charge in [-0.1, -0.05) is 0 Å². The molecule has 0 N–H and O–H groups in total. The molecule has 0 radical (unpaired) electrons. The number of hydrogen-bond donors (Lipinski definition) is 0. The number of halogens is 1. The Morgan fingerprint density at radius 1 is 1.50 bits per heavy atom. The third-order valence-corrected chi connectivity index (χ3v) is 2.99. The van der Waals surface area contributed by atoms with E-state index in [0.29, 0.717) is 5.88 Å². The van der Waals surface area contributed by atoms with Gasteiger partial charge >= 0.3 is 0 Å². The average molecular weight is 207 g/mol. The first-order valence-electron chi connectivity index (χ1n) is 4.90. The van der Waals surface area contributed by atoms with E-state index in [1.165, 1.54) is 18.4 Å². The number of nitrogens with zero attached hydrogens (tertiary/aromatic N) is 2. The Balaban J connectivity index is 2.12. The summed E-state index contributed by atoms with van der Waals surface area (Å²) < 4.78 is 2.03. The number of alkyl halides is 1. The first-order valence-corrected chi connectivity index (χ1v) is 5.44. The first kappa shape index (κ1) is 8.30. The smallest absolute Gasteiger partial charge is 0.137 e. The molecule has 2 aromatic heterocycles. The molecule has 0 bridgehead atoms. The molecule has 72 valence electrons. The molecule has 3 rings (SSSR count). The normalized spacial score (nSPS) is 16.4. The number of fused-ring (bicyclic) bond motifs is 1. The van der Waals surface area contributed by atoms with Gasteiger partial charge in [0.25, 0.3) is 0 Å². The molecule has 1 saturated carbocycles. The van der Waals surface area contributed by atoms with Crippen LogP contribution in [0.15, 0.2) is 24.5 Å². The molecule has 2 aromatic rings. The zero-order chi connectivity index (χ0) is 9.54. The molecule has 0 unspecified atom stereocenters. The summed E-state index contributed by atoms with van der Waals surface area (Å²) in [6.07, 6.45) is 6.73. The van der Waals surface area contributed by atoms with E-state index < -0.39 is 0 Å². The minimum atomic E-state index is 0.487. The molecule has 14 heavy (non-hydrogen) atoms. The second-order valence-corrected chi connectivity index (χ2v) is 4.13. The standard InChI is InChI=1S/C11H11ClN2/c12-6-10-7-14-4-3-9(8-1-2-8)5-11(14)13-10/h3-5,7-8H,1-2,6H2. The number of hydrogen-bond acceptors (Lipinski definition) is 1. The topological polar surface area (TPSA) is 17.3 Å². The molecule has 0 aliphatic heterocycles. The van der Waals surface area contributed by atoms with Gasteiger partial charge in [0.15, 0.2) is 0 Å². The summed E-state index contributed by atoms with van der Waals surface area (Å²) in [6.45, 7) is 0. The van der Waals surface area contributed by atoms with Gasteiger partial charge in [-0.15, -0.1) is 11.6 Å². The van der Waals surface area contributed by atoms with Crippen LogP contribution in [0.4, 0.5) is 0 Å². The van der Waals surface area contributed by atoms with Crippen LogP contribution in [0.3, 0.4) is 0 Å². The molecular formula is C11H11ClN2. The van der Waals surface area contributed by atoms with Crippen LogP contribution in [0.25, 0.3) is 5.65 Å². The predicted molar refractivity (Wildman–Crippen MR) is 56.7 cm³/mol. The molecular weight excluding hydrogens is 196 g/mol. The summed E-state index contributed by atoms with van der Waals surface area (Å²) in [5, 5.41) is 0. The second-order valence-electron chi connectivity index (χ2n) is 3.87. The maximum Gasteiger partial charge on any atom is 0.137 e. The molecule has 0 spiro atoms. The number of imidazole rings is 1. The van der Waals surface area contributed by atoms with E-state index in [4.69, 9.17) is 11.6 Å². The van der Waals surface area contributed by atoms with Crippen molar-refractivity contribution >= 4 is 17.2 Å². The van der Waals surface area contributed by atoms with E-state index >= 15 is 0 Å². The fraction of sp³-hybridized carbons (Fsp3) is 0.364. The molecule has 0 aromatic carbocycles. The van der Waals surface area contributed by atoms with Crippen LogP contribution in [0, 0.1) is 0 Å². The molecule has 1 aliphatic carbocycles. The highest BCUT2D eigenvalue weighted by atomic mass is 35.5. The Kier molecular flexibility index (Phi) is 1.77. The van der Waals surface area contributed by atoms with Gasteiger partial charge in [0.05, 0.1) is 11.6 Å². The van der Waals surface area contributed by atoms with E-state index in [9.17, 15) is 0 Å². The highest BCUT2D eigenvalue weighted by molar-refractivity contribution is 6.16. The summed E-state index contributed by atoms with van der Waals surface area (Å²) in [4.78, 5) is 4.43. The van der Waals surface area contributed by atoms with Crippen molar-refractivity contribution in [1.82, 2.24) is 9.38 Å². The fourth-order valence-electron chi connectivity index (χ4n) is 1.79. The maximum absolute atomic E-state index is 5.74. The van der Waals surface area contributed by atoms with Gasteiger partial charge in [-0.05, 0) is 36.5 Å². The van der Waals surface area contributed by atoms with Crippen LogP contribution in [-0.4, -0.2) is 9.38 Å². The molecule has 1 fully saturated rings. The van der Waals surface area contributed by atoms with E-state index in [1.54, 1.807) is 0 Å². The lowest BCUT2D eigenvalue weighted by atomic mass is 10.2. The molecule has 3 heteroatoms. The van der Waals surface area contributed by atoms with Gasteiger partial charge in [-0.3, -0.25) is 0 Å². The largest absolute Gasteiger partial charge is 0.307 e. The summed E-state index contributed by atoms with van der Waals surface area (Å²) in [5.41, 5.74) is 3.38. The fourth-order valence-corrected chi connectivity index (χ4v) is 1.91. The van der Waals surface area contributed by atoms with Crippen LogP contribution >= 0.6 is 11.6 Å². The lowest BCUT2D eigenvalue weighted by Crippen LogP contribution is -1.85. The van der Waals surface area contributed by atoms with Crippen LogP contribution < -0.4 is 0 Å². The number of rotatable bonds is 2. The SMILES string of the molecule is ClCc1cn2ccc(C3CC3)cc2n1. The van der Waals surface area contributed by atoms with Gasteiger partial charge < -0.3 is 4.40 Å². The zero-order valence-electron chi connectivity index (χ0n) is 7.78. The minimum Gasteiger partial charge on any atom is -0.307 e. The van der Waals surface area contributed by atoms with Crippen LogP contribution in [-0.2, 0) is 5.88 Å². The van der Waals surface area contributed by atoms with Crippen LogP contribution in [0.5, 0.6) is 0 Å². The minimum absolute atomic E-state index is 0.487. The molecule has 0 amide bonds. The Hall–Kier alpha value is -1.02. The van der Waals surface area contributed by atoms with E-state index in [1.807, 2.05) is 10.6 Å². The summed E-state index contributed by atoms with van der Waals surface area (Å²) in [6, 6.07) is 4.36. The maximum atomic E-state index is 5.74. The molecule has 0 atom stereocenters. The van der Waals surface area contributed by atoms with Crippen molar-refractivity contribution in [2.75, 3.05) is 0 Å². The van der Waals surface area contributed by atoms with E-state index in [-0.39, 0.29) is 0 Å². The molecule has 0 saturated heterocycles. The van der Waals surface area contributed by atoms with E-state index in [2.05, 4.69) is 23.3 Å². The number of pyridine rings is 1. The highest BCUT2D eigenvalue weighted by Gasteiger charge is 2.23. The predicted octanol–water partition coefficient (Wildman–Crippen LogP) is 2.95. The van der Waals surface area contributed by atoms with Crippen LogP contribution in [0.2, 0.25) is 0 Å². The van der Waals surface area contributed by atoms with Crippen molar-refractivity contribution in [2.24, 2.45) is 0 Å². The van der Waals surface area contributed by atoms with Crippen LogP contribution in [0.1, 0.15) is 30.0 Å². The van der Waals surface area contributed by atoms with Gasteiger partial charge in [0.2, 0.25) is 0 Å². The quantitative estimate of drug-likeness (QED) is 0.691. The highest BCUT2D eigenvalue weighted by Crippen LogP contribution is 2.40. The van der Waals surface area contributed by atoms with Gasteiger partial charge in [-0.25, -0.2) is 4.98 Å². The van der Waals surface area contributed by atoms with Gasteiger partial charge in [0.1, 0.15) is 5.65 Å². The second kappa shape index (κ2) is 2.99. The Morgan fingerprint density at radius 2 is 2.36 bits per heavy atom. The molecule has 2 heterocycles. The number of aromatic nitrogens is 2. The van der Waals surface area contributed by atoms with Gasteiger partial charge in [0, 0.05) is 12.4 Å². The summed E-state index contributed by atoms with van der Waals surface area (Å²) in [5.74, 6) is 1.27. The Bertz CT molecular complexity index is 471. The monoisotopic (exact) mass is 206 g/mol. The van der Waals surface area contributed by atoms with Crippen molar-refractivity contribution in [3.05, 3.63) is 35.8 Å². The van der Waals surface area contributed by atoms with Crippen molar-refractivity contribution in [1.29, 1.82) is 0 Å². The Morgan fingerprint density at radius 3 is 3.07 bits per heavy atom. The Labute approximate surface area is 87.5 Å². The van der Waals surface area contributed by atoms with E-state index in [0.717, 1.165) is 17.3 Å². The van der Waals surface area contributed by atoms with Crippen molar-refractivity contribution in [3.63, 3.8) is 0 Å². The van der Waals surface area contributed by atoms with Crippen molar-refractivity contribution in [2.45, 2.75) is 24.6 Å². The third kappa shape index (κ3) is 1.30. The molecule has 2 nitrogen and oxygen atoms in total. The van der Waals surface area contributed by atoms with Crippen molar-refractivity contribution in [3.8, 4) is 0 Å². The lowest BCUT2D eigenvalue weighted by Gasteiger charge is -1.97. The summed E-state index contributed by atoms with van der Waals surface area (Å²) >= 11 is 5.74.